The van der Waals surface area contributed by atoms with Crippen molar-refractivity contribution in [2.45, 2.75) is 26.4 Å². The van der Waals surface area contributed by atoms with Crippen LogP contribution in [-0.4, -0.2) is 59.7 Å². The van der Waals surface area contributed by atoms with Crippen LogP contribution in [0.4, 0.5) is 0 Å². The Morgan fingerprint density at radius 1 is 1.00 bits per heavy atom. The third-order valence-electron chi connectivity index (χ3n) is 6.51. The lowest BCUT2D eigenvalue weighted by Gasteiger charge is -2.33. The molecule has 2 aliphatic rings. The Bertz CT molecular complexity index is 1030. The molecule has 0 unspecified atom stereocenters. The Morgan fingerprint density at radius 2 is 1.77 bits per heavy atom. The van der Waals surface area contributed by atoms with Gasteiger partial charge < -0.3 is 19.3 Å². The van der Waals surface area contributed by atoms with Crippen LogP contribution < -0.4 is 19.3 Å². The van der Waals surface area contributed by atoms with Crippen molar-refractivity contribution in [2.75, 3.05) is 39.5 Å². The molecule has 8 nitrogen and oxygen atoms in total. The van der Waals surface area contributed by atoms with Crippen molar-refractivity contribution >= 4 is 0 Å². The number of nitrogens with one attached hydrogen (secondary N) is 2. The summed E-state index contributed by atoms with van der Waals surface area (Å²) in [5.41, 5.74) is 3.62. The zero-order valence-electron chi connectivity index (χ0n) is 18.2. The molecule has 3 heterocycles. The molecule has 0 amide bonds. The van der Waals surface area contributed by atoms with Crippen LogP contribution in [0.2, 0.25) is 0 Å². The number of ether oxygens (including phenoxy) is 2. The third-order valence-corrected chi connectivity index (χ3v) is 6.51. The minimum Gasteiger partial charge on any atom is -0.454 e. The highest BCUT2D eigenvalue weighted by Gasteiger charge is 2.35. The van der Waals surface area contributed by atoms with E-state index < -0.39 is 0 Å². The van der Waals surface area contributed by atoms with Crippen LogP contribution in [0.25, 0.3) is 0 Å². The van der Waals surface area contributed by atoms with Crippen molar-refractivity contribution in [3.8, 4) is 11.5 Å². The molecule has 5 rings (SSSR count). The van der Waals surface area contributed by atoms with E-state index in [2.05, 4.69) is 59.7 Å². The predicted molar refractivity (Wildman–Crippen MR) is 114 cm³/mol. The molecule has 1 aromatic heterocycles. The average molecular weight is 423 g/mol. The summed E-state index contributed by atoms with van der Waals surface area (Å²) in [4.78, 5) is 3.20. The average Bonchev–Trinajstić information content (AvgIpc) is 3.45. The van der Waals surface area contributed by atoms with E-state index in [1.165, 1.54) is 35.7 Å². The van der Waals surface area contributed by atoms with Gasteiger partial charge in [0.05, 0.1) is 13.1 Å². The van der Waals surface area contributed by atoms with E-state index >= 15 is 0 Å². The number of likely N-dealkylation sites (N-methyl/N-ethyl adjacent to an activating group) is 1. The number of tetrazole rings is 1. The van der Waals surface area contributed by atoms with Crippen LogP contribution in [0.15, 0.2) is 42.5 Å². The Labute approximate surface area is 182 Å². The van der Waals surface area contributed by atoms with Crippen LogP contribution in [0, 0.1) is 6.92 Å². The number of piperazine rings is 1. The molecule has 0 radical (unpaired) electrons. The van der Waals surface area contributed by atoms with Gasteiger partial charge >= 0.3 is 0 Å². The molecule has 3 aromatic rings. The van der Waals surface area contributed by atoms with Crippen LogP contribution in [0.1, 0.15) is 35.5 Å². The van der Waals surface area contributed by atoms with E-state index in [1.54, 1.807) is 4.90 Å². The number of quaternary nitrogens is 2. The van der Waals surface area contributed by atoms with E-state index in [-0.39, 0.29) is 12.8 Å². The van der Waals surface area contributed by atoms with Crippen molar-refractivity contribution < 1.29 is 19.3 Å². The van der Waals surface area contributed by atoms with Crippen molar-refractivity contribution in [1.82, 2.24) is 20.2 Å². The molecule has 162 valence electrons. The van der Waals surface area contributed by atoms with Gasteiger partial charge in [0.1, 0.15) is 26.2 Å². The molecular weight excluding hydrogens is 392 g/mol. The highest BCUT2D eigenvalue weighted by atomic mass is 16.7. The predicted octanol–water partition coefficient (Wildman–Crippen LogP) is -0.349. The van der Waals surface area contributed by atoms with Crippen LogP contribution in [-0.2, 0) is 6.54 Å². The highest BCUT2D eigenvalue weighted by molar-refractivity contribution is 5.44. The summed E-state index contributed by atoms with van der Waals surface area (Å²) >= 11 is 0. The zero-order valence-corrected chi connectivity index (χ0v) is 18.2. The minimum atomic E-state index is 0.114. The van der Waals surface area contributed by atoms with Crippen LogP contribution in [0.3, 0.4) is 0 Å². The van der Waals surface area contributed by atoms with Gasteiger partial charge in [0.25, 0.3) is 0 Å². The van der Waals surface area contributed by atoms with Crippen molar-refractivity contribution in [1.29, 1.82) is 0 Å². The van der Waals surface area contributed by atoms with Crippen LogP contribution in [0.5, 0.6) is 11.5 Å². The van der Waals surface area contributed by atoms with E-state index in [1.807, 2.05) is 16.8 Å². The minimum absolute atomic E-state index is 0.114. The SMILES string of the molecule is CC[NH+]1CC[NH+]([C@H](c2ccc(C)cc2)c2nnnn2Cc2ccc3c(c2)OCO3)CC1. The quantitative estimate of drug-likeness (QED) is 0.568. The van der Waals surface area contributed by atoms with Gasteiger partial charge in [-0.25, -0.2) is 4.68 Å². The molecule has 2 N–H and O–H groups in total. The smallest absolute Gasteiger partial charge is 0.231 e. The molecule has 1 fully saturated rings. The van der Waals surface area contributed by atoms with Gasteiger partial charge in [-0.15, -0.1) is 5.10 Å². The lowest BCUT2D eigenvalue weighted by atomic mass is 10.0. The number of nitrogens with zero attached hydrogens (tertiary/aromatic N) is 4. The highest BCUT2D eigenvalue weighted by Crippen LogP contribution is 2.32. The summed E-state index contributed by atoms with van der Waals surface area (Å²) in [6.45, 7) is 11.0. The lowest BCUT2D eigenvalue weighted by molar-refractivity contribution is -1.02. The van der Waals surface area contributed by atoms with Gasteiger partial charge in [0.15, 0.2) is 17.5 Å². The van der Waals surface area contributed by atoms with E-state index in [9.17, 15) is 0 Å². The maximum atomic E-state index is 5.54. The molecular formula is C23H30N6O2+2. The van der Waals surface area contributed by atoms with Gasteiger partial charge in [0.2, 0.25) is 12.6 Å². The van der Waals surface area contributed by atoms with Crippen molar-refractivity contribution in [3.05, 3.63) is 65.0 Å². The molecule has 0 bridgehead atoms. The standard InChI is InChI=1S/C23H28N6O2/c1-3-27-10-12-28(13-11-27)22(19-7-4-17(2)5-8-19)23-24-25-26-29(23)15-18-6-9-20-21(14-18)31-16-30-20/h4-9,14,22H,3,10-13,15-16H2,1-2H3/p+2/t22-/m1/s1. The second kappa shape index (κ2) is 8.64. The molecule has 2 aromatic carbocycles. The summed E-state index contributed by atoms with van der Waals surface area (Å²) in [5, 5.41) is 12.9. The zero-order chi connectivity index (χ0) is 21.2. The summed E-state index contributed by atoms with van der Waals surface area (Å²) in [6.07, 6.45) is 0. The lowest BCUT2D eigenvalue weighted by Crippen LogP contribution is -3.28. The maximum Gasteiger partial charge on any atom is 0.231 e. The summed E-state index contributed by atoms with van der Waals surface area (Å²) in [5.74, 6) is 2.49. The fraction of sp³-hybridized carbons (Fsp3) is 0.435. The van der Waals surface area contributed by atoms with E-state index in [4.69, 9.17) is 9.47 Å². The first-order valence-electron chi connectivity index (χ1n) is 11.1. The van der Waals surface area contributed by atoms with E-state index in [0.29, 0.717) is 6.54 Å². The summed E-state index contributed by atoms with van der Waals surface area (Å²) in [6, 6.07) is 15.0. The Kier molecular flexibility index (Phi) is 5.57. The monoisotopic (exact) mass is 422 g/mol. The number of rotatable bonds is 6. The first-order chi connectivity index (χ1) is 15.2. The molecule has 1 atom stereocenters. The number of hydrogen-bond donors (Lipinski definition) is 2. The molecule has 0 spiro atoms. The number of hydrogen-bond acceptors (Lipinski definition) is 5. The molecule has 0 aliphatic carbocycles. The Morgan fingerprint density at radius 3 is 2.55 bits per heavy atom. The first kappa shape index (κ1) is 20.0. The fourth-order valence-electron chi connectivity index (χ4n) is 4.64. The van der Waals surface area contributed by atoms with Gasteiger partial charge in [-0.1, -0.05) is 35.9 Å². The molecule has 0 saturated carbocycles. The third kappa shape index (κ3) is 4.13. The summed E-state index contributed by atoms with van der Waals surface area (Å²) in [7, 11) is 0. The normalized spacial score (nSPS) is 21.2. The Hall–Kier alpha value is -2.97. The van der Waals surface area contributed by atoms with Gasteiger partial charge in [-0.05, 0) is 42.0 Å². The second-order valence-corrected chi connectivity index (χ2v) is 8.49. The number of aromatic nitrogens is 4. The maximum absolute atomic E-state index is 5.54. The Balaban J connectivity index is 1.46. The molecule has 8 heteroatoms. The number of benzene rings is 2. The molecule has 2 aliphatic heterocycles. The van der Waals surface area contributed by atoms with Gasteiger partial charge in [0, 0.05) is 5.56 Å². The topological polar surface area (TPSA) is 70.9 Å². The first-order valence-corrected chi connectivity index (χ1v) is 11.1. The van der Waals surface area contributed by atoms with E-state index in [0.717, 1.165) is 36.0 Å². The van der Waals surface area contributed by atoms with Crippen molar-refractivity contribution in [2.24, 2.45) is 0 Å². The molecule has 1 saturated heterocycles. The fourth-order valence-corrected chi connectivity index (χ4v) is 4.64. The number of fused-ring (bicyclic) bond motifs is 1. The second-order valence-electron chi connectivity index (χ2n) is 8.49. The molecule has 31 heavy (non-hydrogen) atoms. The van der Waals surface area contributed by atoms with Crippen molar-refractivity contribution in [3.63, 3.8) is 0 Å². The van der Waals surface area contributed by atoms with Crippen LogP contribution >= 0.6 is 0 Å². The van der Waals surface area contributed by atoms with Gasteiger partial charge in [-0.2, -0.15) is 0 Å². The number of aryl methyl sites for hydroxylation is 1. The van der Waals surface area contributed by atoms with Gasteiger partial charge in [-0.3, -0.25) is 0 Å². The summed E-state index contributed by atoms with van der Waals surface area (Å²) < 4.78 is 12.9. The largest absolute Gasteiger partial charge is 0.454 e.